The summed E-state index contributed by atoms with van der Waals surface area (Å²) in [5.41, 5.74) is 0. The zero-order valence-corrected chi connectivity index (χ0v) is 26.8. The lowest BCUT2D eigenvalue weighted by Gasteiger charge is -2.02. The maximum atomic E-state index is 9.00. The van der Waals surface area contributed by atoms with E-state index in [-0.39, 0.29) is 0 Å². The molecule has 0 aliphatic rings. The number of alkyl halides is 3. The van der Waals surface area contributed by atoms with Crippen LogP contribution >= 0.6 is 34.8 Å². The van der Waals surface area contributed by atoms with Crippen molar-refractivity contribution in [2.45, 2.75) is 79.5 Å². The van der Waals surface area contributed by atoms with Crippen molar-refractivity contribution in [3.8, 4) is 0 Å². The Kier molecular flexibility index (Phi) is 84.4. The van der Waals surface area contributed by atoms with Gasteiger partial charge in [-0.25, -0.2) is 0 Å². The first-order chi connectivity index (χ1) is 18.1. The van der Waals surface area contributed by atoms with Crippen LogP contribution in [0.25, 0.3) is 0 Å². The van der Waals surface area contributed by atoms with Crippen molar-refractivity contribution >= 4 is 88.5 Å². The van der Waals surface area contributed by atoms with Gasteiger partial charge in [0.05, 0.1) is 0 Å². The van der Waals surface area contributed by atoms with Crippen LogP contribution in [0.15, 0.2) is 0 Å². The van der Waals surface area contributed by atoms with E-state index in [9.17, 15) is 0 Å². The van der Waals surface area contributed by atoms with E-state index in [1.165, 1.54) is 0 Å². The van der Waals surface area contributed by atoms with E-state index < -0.39 is 57.5 Å². The maximum absolute atomic E-state index is 9.00. The van der Waals surface area contributed by atoms with Crippen LogP contribution in [0.4, 0.5) is 0 Å². The summed E-state index contributed by atoms with van der Waals surface area (Å²) in [6, 6.07) is 0. The molecule has 0 aromatic carbocycles. The Labute approximate surface area is 257 Å². The molecule has 42 heavy (non-hydrogen) atoms. The Bertz CT molecular complexity index is 525. The van der Waals surface area contributed by atoms with E-state index in [4.69, 9.17) is 124 Å². The number of carboxylic acid groups (broad SMARTS) is 9. The zero-order chi connectivity index (χ0) is 37.4. The van der Waals surface area contributed by atoms with Gasteiger partial charge in [0, 0.05) is 62.3 Å². The molecule has 0 fully saturated rings. The molecular formula is C21H41Cl3O18. The summed E-state index contributed by atoms with van der Waals surface area (Å²) in [5, 5.41) is 66.7. The highest BCUT2D eigenvalue weighted by Crippen LogP contribution is 2.28. The first-order valence-corrected chi connectivity index (χ1v) is 11.1. The first kappa shape index (κ1) is 66.4. The van der Waals surface area contributed by atoms with Crippen LogP contribution < -0.4 is 0 Å². The monoisotopic (exact) mass is 686 g/mol. The topological polar surface area (TPSA) is 336 Å². The van der Waals surface area contributed by atoms with Gasteiger partial charge in [-0.15, -0.1) is 0 Å². The van der Waals surface area contributed by atoms with E-state index in [0.29, 0.717) is 6.42 Å². The summed E-state index contributed by atoms with van der Waals surface area (Å²) < 4.78 is -1.04. The predicted molar refractivity (Wildman–Crippen MR) is 150 cm³/mol. The molecule has 0 spiro atoms. The quantitative estimate of drug-likeness (QED) is 0.164. The minimum Gasteiger partial charge on any atom is -0.481 e. The Morgan fingerprint density at radius 3 is 0.381 bits per heavy atom. The number of carboxylic acids is 9. The van der Waals surface area contributed by atoms with Crippen molar-refractivity contribution in [3.63, 3.8) is 0 Å². The molecule has 0 saturated carbocycles. The fourth-order valence-corrected chi connectivity index (χ4v) is 0. The molecule has 0 bridgehead atoms. The first-order valence-electron chi connectivity index (χ1n) is 9.98. The van der Waals surface area contributed by atoms with Gasteiger partial charge in [-0.2, -0.15) is 0 Å². The van der Waals surface area contributed by atoms with Gasteiger partial charge in [0.15, 0.2) is 3.79 Å². The number of halogens is 3. The van der Waals surface area contributed by atoms with Gasteiger partial charge >= 0.3 is 0 Å². The van der Waals surface area contributed by atoms with Crippen LogP contribution in [0.1, 0.15) is 75.7 Å². The molecule has 0 saturated heterocycles. The molecule has 0 aromatic rings. The van der Waals surface area contributed by atoms with Crippen LogP contribution in [0, 0.1) is 0 Å². The summed E-state index contributed by atoms with van der Waals surface area (Å²) in [6.07, 6.45) is 0.567. The second kappa shape index (κ2) is 53.4. The van der Waals surface area contributed by atoms with Crippen LogP contribution in [-0.2, 0) is 43.2 Å². The summed E-state index contributed by atoms with van der Waals surface area (Å²) in [4.78, 5) is 81.0. The summed E-state index contributed by atoms with van der Waals surface area (Å²) in [5.74, 6) is -7.50. The third-order valence-electron chi connectivity index (χ3n) is 0.401. The SMILES string of the molecule is CC(=O)O.CC(=O)O.CC(=O)O.CC(=O)O.CC(=O)O.CC(=O)O.CC(=O)O.CC(=O)O.CC(=O)O.CCC(Cl)(Cl)Cl. The molecule has 254 valence electrons. The molecule has 0 radical (unpaired) electrons. The number of carbonyl (C=O) groups is 9. The smallest absolute Gasteiger partial charge is 0.300 e. The highest BCUT2D eigenvalue weighted by Gasteiger charge is 2.14. The molecule has 0 aliphatic carbocycles. The van der Waals surface area contributed by atoms with E-state index in [0.717, 1.165) is 62.3 Å². The Balaban J connectivity index is -0.0000000340. The van der Waals surface area contributed by atoms with Crippen LogP contribution in [0.2, 0.25) is 0 Å². The molecule has 0 aliphatic heterocycles. The van der Waals surface area contributed by atoms with Crippen LogP contribution in [0.3, 0.4) is 0 Å². The zero-order valence-electron chi connectivity index (χ0n) is 24.5. The highest BCUT2D eigenvalue weighted by atomic mass is 35.6. The van der Waals surface area contributed by atoms with E-state index >= 15 is 0 Å². The minimum atomic E-state index is -1.04. The number of hydrogen-bond donors (Lipinski definition) is 9. The van der Waals surface area contributed by atoms with E-state index in [2.05, 4.69) is 0 Å². The van der Waals surface area contributed by atoms with Crippen LogP contribution in [-0.4, -0.2) is 103 Å². The van der Waals surface area contributed by atoms with E-state index in [1.54, 1.807) is 0 Å². The number of rotatable bonds is 0. The summed E-state index contributed by atoms with van der Waals surface area (Å²) in [6.45, 7) is 11.6. The Morgan fingerprint density at radius 2 is 0.381 bits per heavy atom. The average Bonchev–Trinajstić information content (AvgIpc) is 2.56. The standard InChI is InChI=1S/C3H5Cl3.9C2H4O2/c1-2-3(4,5)6;9*1-2(3)4/h2H2,1H3;9*1H3,(H,3,4). The lowest BCUT2D eigenvalue weighted by atomic mass is 10.6. The Morgan fingerprint density at radius 1 is 0.357 bits per heavy atom. The molecule has 0 atom stereocenters. The molecule has 18 nitrogen and oxygen atoms in total. The second-order valence-electron chi connectivity index (χ2n) is 5.64. The van der Waals surface area contributed by atoms with E-state index in [1.807, 2.05) is 6.92 Å². The third kappa shape index (κ3) is 54900. The van der Waals surface area contributed by atoms with Crippen molar-refractivity contribution in [2.75, 3.05) is 0 Å². The average molecular weight is 688 g/mol. The molecule has 21 heteroatoms. The lowest BCUT2D eigenvalue weighted by Crippen LogP contribution is -1.95. The van der Waals surface area contributed by atoms with Crippen molar-refractivity contribution in [1.29, 1.82) is 0 Å². The molecular weight excluding hydrogens is 647 g/mol. The van der Waals surface area contributed by atoms with Crippen molar-refractivity contribution < 1.29 is 89.1 Å². The van der Waals surface area contributed by atoms with Gasteiger partial charge in [0.25, 0.3) is 53.7 Å². The molecule has 0 amide bonds. The molecule has 9 N–H and O–H groups in total. The fourth-order valence-electron chi connectivity index (χ4n) is 0. The summed E-state index contributed by atoms with van der Waals surface area (Å²) in [7, 11) is 0. The largest absolute Gasteiger partial charge is 0.481 e. The van der Waals surface area contributed by atoms with Crippen molar-refractivity contribution in [2.24, 2.45) is 0 Å². The van der Waals surface area contributed by atoms with Gasteiger partial charge < -0.3 is 46.0 Å². The van der Waals surface area contributed by atoms with Gasteiger partial charge in [-0.3, -0.25) is 43.2 Å². The van der Waals surface area contributed by atoms with Crippen molar-refractivity contribution in [3.05, 3.63) is 0 Å². The normalized spacial score (nSPS) is 7.07. The summed E-state index contributed by atoms with van der Waals surface area (Å²) >= 11 is 15.7. The lowest BCUT2D eigenvalue weighted by molar-refractivity contribution is -0.135. The van der Waals surface area contributed by atoms with Crippen molar-refractivity contribution in [1.82, 2.24) is 0 Å². The van der Waals surface area contributed by atoms with Gasteiger partial charge in [0.2, 0.25) is 0 Å². The third-order valence-corrected chi connectivity index (χ3v) is 1.20. The molecule has 0 rings (SSSR count). The van der Waals surface area contributed by atoms with Crippen LogP contribution in [0.5, 0.6) is 0 Å². The number of hydrogen-bond acceptors (Lipinski definition) is 9. The Hall–Kier alpha value is -3.90. The second-order valence-corrected chi connectivity index (χ2v) is 8.16. The number of aliphatic carboxylic acids is 9. The predicted octanol–water partition coefficient (Wildman–Crippen LogP) is 3.58. The molecule has 0 unspecified atom stereocenters. The highest BCUT2D eigenvalue weighted by molar-refractivity contribution is 6.67. The fraction of sp³-hybridized carbons (Fsp3) is 0.571. The molecule has 0 heterocycles. The maximum Gasteiger partial charge on any atom is 0.300 e. The van der Waals surface area contributed by atoms with Gasteiger partial charge in [-0.1, -0.05) is 41.7 Å². The minimum absolute atomic E-state index is 0.567. The molecule has 0 aromatic heterocycles. The van der Waals surface area contributed by atoms with Gasteiger partial charge in [-0.05, 0) is 6.42 Å². The van der Waals surface area contributed by atoms with Gasteiger partial charge in [0.1, 0.15) is 0 Å².